The minimum atomic E-state index is -0.169. The van der Waals surface area contributed by atoms with Gasteiger partial charge in [-0.15, -0.1) is 0 Å². The number of nitrogens with one attached hydrogen (secondary N) is 4. The van der Waals surface area contributed by atoms with Crippen LogP contribution in [-0.2, 0) is 6.54 Å². The van der Waals surface area contributed by atoms with Crippen molar-refractivity contribution in [1.29, 1.82) is 10.8 Å². The second kappa shape index (κ2) is 6.80. The standard InChI is InChI=1S/C15H24ClN5/c1-10-8-11(6-7-12(10)16)9-19-13(17)20-14(18)21(5)15(2,3)4/h6-8H,9H2,1-5H3,(H4,17,18,19,20). The number of halogens is 1. The van der Waals surface area contributed by atoms with E-state index in [1.165, 1.54) is 0 Å². The summed E-state index contributed by atoms with van der Waals surface area (Å²) in [6.07, 6.45) is 0. The van der Waals surface area contributed by atoms with Crippen molar-refractivity contribution in [2.75, 3.05) is 7.05 Å². The van der Waals surface area contributed by atoms with E-state index in [2.05, 4.69) is 10.6 Å². The third kappa shape index (κ3) is 5.27. The number of aryl methyl sites for hydroxylation is 1. The van der Waals surface area contributed by atoms with Crippen molar-refractivity contribution in [3.8, 4) is 0 Å². The van der Waals surface area contributed by atoms with Crippen LogP contribution >= 0.6 is 11.6 Å². The van der Waals surface area contributed by atoms with Gasteiger partial charge in [0.2, 0.25) is 0 Å². The third-order valence-corrected chi connectivity index (χ3v) is 3.70. The van der Waals surface area contributed by atoms with Gasteiger partial charge in [-0.25, -0.2) is 0 Å². The first-order valence-electron chi connectivity index (χ1n) is 6.78. The average molecular weight is 310 g/mol. The Balaban J connectivity index is 2.51. The smallest absolute Gasteiger partial charge is 0.198 e. The van der Waals surface area contributed by atoms with Gasteiger partial charge < -0.3 is 10.2 Å². The molecule has 0 spiro atoms. The summed E-state index contributed by atoms with van der Waals surface area (Å²) in [7, 11) is 1.82. The highest BCUT2D eigenvalue weighted by molar-refractivity contribution is 6.31. The Morgan fingerprint density at radius 3 is 2.43 bits per heavy atom. The number of guanidine groups is 2. The molecule has 0 aromatic heterocycles. The van der Waals surface area contributed by atoms with E-state index >= 15 is 0 Å². The number of hydrogen-bond donors (Lipinski definition) is 4. The molecule has 4 N–H and O–H groups in total. The first kappa shape index (κ1) is 17.3. The van der Waals surface area contributed by atoms with Crippen LogP contribution in [0.4, 0.5) is 0 Å². The molecule has 0 bridgehead atoms. The molecule has 1 rings (SSSR count). The van der Waals surface area contributed by atoms with E-state index in [4.69, 9.17) is 22.4 Å². The highest BCUT2D eigenvalue weighted by Gasteiger charge is 2.20. The molecule has 0 unspecified atom stereocenters. The Labute approximate surface area is 131 Å². The van der Waals surface area contributed by atoms with Crippen molar-refractivity contribution in [3.63, 3.8) is 0 Å². The molecule has 0 fully saturated rings. The molecule has 0 amide bonds. The molecule has 5 nitrogen and oxygen atoms in total. The van der Waals surface area contributed by atoms with Crippen molar-refractivity contribution in [2.45, 2.75) is 39.8 Å². The van der Waals surface area contributed by atoms with Crippen LogP contribution in [0.3, 0.4) is 0 Å². The summed E-state index contributed by atoms with van der Waals surface area (Å²) in [5.74, 6) is 0.288. The normalized spacial score (nSPS) is 11.0. The maximum atomic E-state index is 7.94. The number of benzene rings is 1. The fourth-order valence-corrected chi connectivity index (χ4v) is 1.71. The molecular weight excluding hydrogens is 286 g/mol. The maximum absolute atomic E-state index is 7.94. The first-order valence-corrected chi connectivity index (χ1v) is 7.16. The number of rotatable bonds is 2. The van der Waals surface area contributed by atoms with Gasteiger partial charge >= 0.3 is 0 Å². The highest BCUT2D eigenvalue weighted by Crippen LogP contribution is 2.16. The van der Waals surface area contributed by atoms with E-state index in [9.17, 15) is 0 Å². The minimum absolute atomic E-state index is 0.101. The zero-order chi connectivity index (χ0) is 16.2. The van der Waals surface area contributed by atoms with Gasteiger partial charge in [0.25, 0.3) is 0 Å². The highest BCUT2D eigenvalue weighted by atomic mass is 35.5. The molecule has 0 aliphatic rings. The lowest BCUT2D eigenvalue weighted by molar-refractivity contribution is 0.274. The zero-order valence-electron chi connectivity index (χ0n) is 13.3. The Morgan fingerprint density at radius 1 is 1.29 bits per heavy atom. The van der Waals surface area contributed by atoms with Gasteiger partial charge in [-0.1, -0.05) is 23.7 Å². The summed E-state index contributed by atoms with van der Waals surface area (Å²) in [6, 6.07) is 5.75. The summed E-state index contributed by atoms with van der Waals surface area (Å²) in [6.45, 7) is 8.49. The van der Waals surface area contributed by atoms with Crippen LogP contribution in [0.15, 0.2) is 18.2 Å². The predicted molar refractivity (Wildman–Crippen MR) is 89.1 cm³/mol. The quantitative estimate of drug-likeness (QED) is 0.501. The molecule has 0 radical (unpaired) electrons. The second-order valence-electron chi connectivity index (χ2n) is 6.02. The molecule has 21 heavy (non-hydrogen) atoms. The van der Waals surface area contributed by atoms with E-state index < -0.39 is 0 Å². The first-order chi connectivity index (χ1) is 9.61. The molecule has 1 aromatic carbocycles. The van der Waals surface area contributed by atoms with E-state index in [1.54, 1.807) is 4.90 Å². The molecule has 0 aliphatic heterocycles. The lowest BCUT2D eigenvalue weighted by atomic mass is 10.1. The van der Waals surface area contributed by atoms with E-state index in [0.717, 1.165) is 16.1 Å². The average Bonchev–Trinajstić information content (AvgIpc) is 2.38. The molecule has 0 heterocycles. The third-order valence-electron chi connectivity index (χ3n) is 3.28. The number of hydrogen-bond acceptors (Lipinski definition) is 2. The van der Waals surface area contributed by atoms with Gasteiger partial charge in [-0.05, 0) is 44.9 Å². The van der Waals surface area contributed by atoms with Gasteiger partial charge in [0.05, 0.1) is 0 Å². The molecule has 0 saturated carbocycles. The van der Waals surface area contributed by atoms with Crippen LogP contribution < -0.4 is 10.6 Å². The van der Waals surface area contributed by atoms with Crippen molar-refractivity contribution in [3.05, 3.63) is 34.3 Å². The van der Waals surface area contributed by atoms with Crippen LogP contribution in [0, 0.1) is 17.7 Å². The van der Waals surface area contributed by atoms with Gasteiger partial charge in [0, 0.05) is 24.2 Å². The van der Waals surface area contributed by atoms with Gasteiger partial charge in [-0.2, -0.15) is 0 Å². The minimum Gasteiger partial charge on any atom is -0.352 e. The second-order valence-corrected chi connectivity index (χ2v) is 6.42. The maximum Gasteiger partial charge on any atom is 0.198 e. The van der Waals surface area contributed by atoms with E-state index in [1.807, 2.05) is 52.9 Å². The van der Waals surface area contributed by atoms with E-state index in [-0.39, 0.29) is 17.5 Å². The van der Waals surface area contributed by atoms with Crippen molar-refractivity contribution in [2.24, 2.45) is 0 Å². The van der Waals surface area contributed by atoms with Gasteiger partial charge in [0.1, 0.15) is 0 Å². The van der Waals surface area contributed by atoms with Crippen LogP contribution in [-0.4, -0.2) is 29.4 Å². The Kier molecular flexibility index (Phi) is 5.61. The summed E-state index contributed by atoms with van der Waals surface area (Å²) in [5.41, 5.74) is 1.88. The number of nitrogens with zero attached hydrogens (tertiary/aromatic N) is 1. The topological polar surface area (TPSA) is 75.0 Å². The Bertz CT molecular complexity index is 533. The monoisotopic (exact) mass is 309 g/mol. The van der Waals surface area contributed by atoms with Gasteiger partial charge in [-0.3, -0.25) is 16.1 Å². The van der Waals surface area contributed by atoms with Crippen LogP contribution in [0.5, 0.6) is 0 Å². The molecule has 0 atom stereocenters. The fourth-order valence-electron chi connectivity index (χ4n) is 1.59. The molecule has 0 aliphatic carbocycles. The predicted octanol–water partition coefficient (Wildman–Crippen LogP) is 2.93. The van der Waals surface area contributed by atoms with Crippen molar-refractivity contribution in [1.82, 2.24) is 15.5 Å². The fraction of sp³-hybridized carbons (Fsp3) is 0.467. The SMILES string of the molecule is Cc1cc(CNC(=N)NC(=N)N(C)C(C)(C)C)ccc1Cl. The molecule has 0 saturated heterocycles. The van der Waals surface area contributed by atoms with E-state index in [0.29, 0.717) is 6.54 Å². The Hall–Kier alpha value is -1.75. The summed E-state index contributed by atoms with van der Waals surface area (Å²) >= 11 is 5.98. The summed E-state index contributed by atoms with van der Waals surface area (Å²) in [5, 5.41) is 22.2. The van der Waals surface area contributed by atoms with Crippen molar-refractivity contribution < 1.29 is 0 Å². The molecule has 1 aromatic rings. The van der Waals surface area contributed by atoms with Crippen molar-refractivity contribution >= 4 is 23.5 Å². The lowest BCUT2D eigenvalue weighted by Crippen LogP contribution is -2.52. The largest absolute Gasteiger partial charge is 0.352 e. The lowest BCUT2D eigenvalue weighted by Gasteiger charge is -2.34. The summed E-state index contributed by atoms with van der Waals surface area (Å²) in [4.78, 5) is 1.77. The molecule has 6 heteroatoms. The van der Waals surface area contributed by atoms with Crippen LogP contribution in [0.1, 0.15) is 31.9 Å². The van der Waals surface area contributed by atoms with Gasteiger partial charge in [0.15, 0.2) is 11.9 Å². The van der Waals surface area contributed by atoms with Crippen LogP contribution in [0.2, 0.25) is 5.02 Å². The molecule has 116 valence electrons. The zero-order valence-corrected chi connectivity index (χ0v) is 14.0. The molecular formula is C15H24ClN5. The van der Waals surface area contributed by atoms with Crippen LogP contribution in [0.25, 0.3) is 0 Å². The Morgan fingerprint density at radius 2 is 1.90 bits per heavy atom. The summed E-state index contributed by atoms with van der Waals surface area (Å²) < 4.78 is 0.